The van der Waals surface area contributed by atoms with Crippen molar-refractivity contribution < 1.29 is 0 Å². The number of nitrogens with zero attached hydrogens (tertiary/aromatic N) is 3. The fraction of sp³-hybridized carbons (Fsp3) is 0.0638. The van der Waals surface area contributed by atoms with E-state index in [0.29, 0.717) is 0 Å². The Labute approximate surface area is 295 Å². The summed E-state index contributed by atoms with van der Waals surface area (Å²) in [4.78, 5) is 4.64. The van der Waals surface area contributed by atoms with Gasteiger partial charge in [-0.25, -0.2) is 0 Å². The number of fused-ring (bicyclic) bond motifs is 2. The second-order valence-electron chi connectivity index (χ2n) is 12.4. The molecule has 0 saturated carbocycles. The van der Waals surface area contributed by atoms with Gasteiger partial charge in [-0.05, 0) is 128 Å². The van der Waals surface area contributed by atoms with Crippen LogP contribution in [-0.4, -0.2) is 4.57 Å². The molecule has 0 atom stereocenters. The van der Waals surface area contributed by atoms with Gasteiger partial charge in [-0.2, -0.15) is 0 Å². The first-order chi connectivity index (χ1) is 24.6. The molecule has 0 aliphatic rings. The van der Waals surface area contributed by atoms with Crippen molar-refractivity contribution in [1.82, 2.24) is 4.57 Å². The molecular weight excluding hydrogens is 607 g/mol. The average molecular weight is 648 g/mol. The number of hydrogen-bond acceptors (Lipinski definition) is 2. The minimum Gasteiger partial charge on any atom is -0.314 e. The summed E-state index contributed by atoms with van der Waals surface area (Å²) in [5.74, 6) is 0. The maximum absolute atomic E-state index is 3.36. The molecule has 0 bridgehead atoms. The zero-order chi connectivity index (χ0) is 34.5. The maximum atomic E-state index is 3.36. The third kappa shape index (κ3) is 6.29. The lowest BCUT2D eigenvalue weighted by Gasteiger charge is -2.28. The number of para-hydroxylation sites is 3. The highest BCUT2D eigenvalue weighted by atomic mass is 15.2. The average Bonchev–Trinajstić information content (AvgIpc) is 3.42. The van der Waals surface area contributed by atoms with Crippen LogP contribution in [0.5, 0.6) is 0 Å². The predicted molar refractivity (Wildman–Crippen MR) is 215 cm³/mol. The third-order valence-electron chi connectivity index (χ3n) is 9.16. The summed E-state index contributed by atoms with van der Waals surface area (Å²) in [5.41, 5.74) is 11.6. The molecule has 0 saturated heterocycles. The summed E-state index contributed by atoms with van der Waals surface area (Å²) in [6, 6.07) is 62.8. The second-order valence-corrected chi connectivity index (χ2v) is 12.4. The summed E-state index contributed by atoms with van der Waals surface area (Å²) in [5, 5.41) is 3.76. The molecule has 0 fully saturated rings. The van der Waals surface area contributed by atoms with Gasteiger partial charge >= 0.3 is 0 Å². The largest absolute Gasteiger partial charge is 0.314 e. The summed E-state index contributed by atoms with van der Waals surface area (Å²) >= 11 is 0. The van der Waals surface area contributed by atoms with Gasteiger partial charge in [0, 0.05) is 50.9 Å². The summed E-state index contributed by atoms with van der Waals surface area (Å²) in [6.07, 6.45) is 1.75. The fourth-order valence-corrected chi connectivity index (χ4v) is 6.73. The van der Waals surface area contributed by atoms with Crippen LogP contribution in [0.3, 0.4) is 0 Å². The molecule has 0 unspecified atom stereocenters. The molecule has 8 aromatic rings. The van der Waals surface area contributed by atoms with Crippen molar-refractivity contribution in [3.05, 3.63) is 200 Å². The van der Waals surface area contributed by atoms with E-state index >= 15 is 0 Å². The molecule has 8 rings (SSSR count). The predicted octanol–water partition coefficient (Wildman–Crippen LogP) is 13.5. The number of benzene rings is 7. The SMILES string of the molecule is C=CC.Cc1c(C)n(-c2ccc3ccccc3c2)c2ccc(N(c3ccccc3)c3ccc(N(c4ccccc4)c4ccccc4)cc3)cc12. The molecule has 1 aromatic heterocycles. The zero-order valence-electron chi connectivity index (χ0n) is 28.9. The van der Waals surface area contributed by atoms with Crippen molar-refractivity contribution >= 4 is 55.8 Å². The Morgan fingerprint density at radius 3 is 1.40 bits per heavy atom. The van der Waals surface area contributed by atoms with Gasteiger partial charge in [-0.15, -0.1) is 6.58 Å². The van der Waals surface area contributed by atoms with Crippen molar-refractivity contribution in [2.75, 3.05) is 9.80 Å². The van der Waals surface area contributed by atoms with Crippen LogP contribution in [0.25, 0.3) is 27.4 Å². The van der Waals surface area contributed by atoms with E-state index in [2.05, 4.69) is 211 Å². The molecule has 1 heterocycles. The fourth-order valence-electron chi connectivity index (χ4n) is 6.73. The summed E-state index contributed by atoms with van der Waals surface area (Å²) in [7, 11) is 0. The van der Waals surface area contributed by atoms with Gasteiger partial charge in [0.15, 0.2) is 0 Å². The molecule has 0 spiro atoms. The molecule has 0 amide bonds. The first-order valence-electron chi connectivity index (χ1n) is 17.1. The van der Waals surface area contributed by atoms with Crippen LogP contribution in [0, 0.1) is 13.8 Å². The number of allylic oxidation sites excluding steroid dienone is 1. The van der Waals surface area contributed by atoms with E-state index in [9.17, 15) is 0 Å². The van der Waals surface area contributed by atoms with Gasteiger partial charge in [-0.3, -0.25) is 0 Å². The number of anilines is 6. The number of hydrogen-bond donors (Lipinski definition) is 0. The van der Waals surface area contributed by atoms with Crippen LogP contribution in [0.4, 0.5) is 34.1 Å². The number of rotatable bonds is 7. The van der Waals surface area contributed by atoms with E-state index in [4.69, 9.17) is 0 Å². The molecule has 7 aromatic carbocycles. The summed E-state index contributed by atoms with van der Waals surface area (Å²) in [6.45, 7) is 9.71. The lowest BCUT2D eigenvalue weighted by Crippen LogP contribution is -2.12. The van der Waals surface area contributed by atoms with Crippen LogP contribution in [0.2, 0.25) is 0 Å². The third-order valence-corrected chi connectivity index (χ3v) is 9.16. The Balaban J connectivity index is 0.00000126. The summed E-state index contributed by atoms with van der Waals surface area (Å²) < 4.78 is 2.39. The lowest BCUT2D eigenvalue weighted by atomic mass is 10.1. The van der Waals surface area contributed by atoms with Crippen molar-refractivity contribution in [2.24, 2.45) is 0 Å². The molecule has 3 heteroatoms. The first kappa shape index (κ1) is 32.2. The number of aromatic nitrogens is 1. The highest BCUT2D eigenvalue weighted by Gasteiger charge is 2.19. The monoisotopic (exact) mass is 647 g/mol. The van der Waals surface area contributed by atoms with Crippen molar-refractivity contribution in [1.29, 1.82) is 0 Å². The highest BCUT2D eigenvalue weighted by Crippen LogP contribution is 2.41. The van der Waals surface area contributed by atoms with Gasteiger partial charge < -0.3 is 14.4 Å². The molecule has 3 nitrogen and oxygen atoms in total. The van der Waals surface area contributed by atoms with Crippen LogP contribution in [0.15, 0.2) is 189 Å². The molecule has 0 N–H and O–H groups in total. The normalized spacial score (nSPS) is 10.8. The molecule has 50 heavy (non-hydrogen) atoms. The standard InChI is InChI=1S/C44H35N3.C3H6/c1-32-33(2)45(41-23-22-34-14-12-13-15-35(34)30-41)44-29-28-42(31-43(32)44)47(38-20-10-5-11-21-38)40-26-24-39(25-27-40)46(36-16-6-3-7-17-36)37-18-8-4-9-19-37;1-3-2/h3-31H,1-2H3;3H,1H2,2H3. The lowest BCUT2D eigenvalue weighted by molar-refractivity contribution is 1.04. The quantitative estimate of drug-likeness (QED) is 0.160. The molecule has 0 aliphatic carbocycles. The van der Waals surface area contributed by atoms with Crippen LogP contribution in [-0.2, 0) is 0 Å². The van der Waals surface area contributed by atoms with Crippen molar-refractivity contribution in [3.63, 3.8) is 0 Å². The molecule has 244 valence electrons. The van der Waals surface area contributed by atoms with E-state index < -0.39 is 0 Å². The van der Waals surface area contributed by atoms with Crippen molar-refractivity contribution in [3.8, 4) is 5.69 Å². The number of aryl methyl sites for hydroxylation is 1. The smallest absolute Gasteiger partial charge is 0.0535 e. The Kier molecular flexibility index (Phi) is 9.30. The van der Waals surface area contributed by atoms with Crippen molar-refractivity contribution in [2.45, 2.75) is 20.8 Å². The molecule has 0 aliphatic heterocycles. The Morgan fingerprint density at radius 1 is 0.460 bits per heavy atom. The van der Waals surface area contributed by atoms with Gasteiger partial charge in [0.05, 0.1) is 5.52 Å². The van der Waals surface area contributed by atoms with E-state index in [-0.39, 0.29) is 0 Å². The van der Waals surface area contributed by atoms with Gasteiger partial charge in [0.25, 0.3) is 0 Å². The Morgan fingerprint density at radius 2 is 0.880 bits per heavy atom. The second kappa shape index (κ2) is 14.4. The zero-order valence-corrected chi connectivity index (χ0v) is 28.9. The van der Waals surface area contributed by atoms with Gasteiger partial charge in [0.1, 0.15) is 0 Å². The maximum Gasteiger partial charge on any atom is 0.0535 e. The first-order valence-corrected chi connectivity index (χ1v) is 17.1. The van der Waals surface area contributed by atoms with E-state index in [1.165, 1.54) is 38.6 Å². The van der Waals surface area contributed by atoms with Crippen LogP contribution in [0.1, 0.15) is 18.2 Å². The minimum atomic E-state index is 1.10. The van der Waals surface area contributed by atoms with Crippen LogP contribution < -0.4 is 9.80 Å². The van der Waals surface area contributed by atoms with Gasteiger partial charge in [0.2, 0.25) is 0 Å². The Bertz CT molecular complexity index is 2320. The molecular formula is C47H41N3. The Hall–Kier alpha value is -6.32. The molecule has 0 radical (unpaired) electrons. The van der Waals surface area contributed by atoms with E-state index in [1.807, 2.05) is 6.92 Å². The van der Waals surface area contributed by atoms with Gasteiger partial charge in [-0.1, -0.05) is 91.0 Å². The van der Waals surface area contributed by atoms with E-state index in [0.717, 1.165) is 34.1 Å². The minimum absolute atomic E-state index is 1.10. The highest BCUT2D eigenvalue weighted by molar-refractivity contribution is 5.93. The van der Waals surface area contributed by atoms with Crippen LogP contribution >= 0.6 is 0 Å². The topological polar surface area (TPSA) is 11.4 Å². The van der Waals surface area contributed by atoms with E-state index in [1.54, 1.807) is 6.08 Å².